The molecule has 1 unspecified atom stereocenters. The molecule has 0 bridgehead atoms. The number of anilines is 1. The second kappa shape index (κ2) is 5.26. The van der Waals surface area contributed by atoms with Gasteiger partial charge in [-0.1, -0.05) is 33.6 Å². The lowest BCUT2D eigenvalue weighted by atomic mass is 10.0. The SMILES string of the molecule is Cc1cnc(N)c(C(O)c2ccc(Cl)cc2Br)c1. The number of aliphatic hydroxyl groups is 1. The summed E-state index contributed by atoms with van der Waals surface area (Å²) < 4.78 is 0.739. The number of nitrogens with zero attached hydrogens (tertiary/aromatic N) is 1. The number of rotatable bonds is 2. The molecule has 2 aromatic rings. The van der Waals surface area contributed by atoms with Gasteiger partial charge in [0.05, 0.1) is 0 Å². The number of hydrogen-bond donors (Lipinski definition) is 2. The van der Waals surface area contributed by atoms with E-state index in [1.165, 1.54) is 0 Å². The molecule has 0 aliphatic heterocycles. The molecular weight excluding hydrogens is 316 g/mol. The largest absolute Gasteiger partial charge is 0.383 e. The molecule has 0 spiro atoms. The molecule has 18 heavy (non-hydrogen) atoms. The molecule has 1 heterocycles. The van der Waals surface area contributed by atoms with Gasteiger partial charge in [-0.2, -0.15) is 0 Å². The van der Waals surface area contributed by atoms with Crippen molar-refractivity contribution in [1.82, 2.24) is 4.98 Å². The third-order valence-corrected chi connectivity index (χ3v) is 3.56. The summed E-state index contributed by atoms with van der Waals surface area (Å²) in [7, 11) is 0. The second-order valence-electron chi connectivity index (χ2n) is 4.06. The Kier molecular flexibility index (Phi) is 3.90. The zero-order valence-electron chi connectivity index (χ0n) is 9.69. The van der Waals surface area contributed by atoms with E-state index < -0.39 is 6.10 Å². The van der Waals surface area contributed by atoms with Crippen LogP contribution in [-0.2, 0) is 0 Å². The van der Waals surface area contributed by atoms with Crippen molar-refractivity contribution >= 4 is 33.3 Å². The molecule has 2 rings (SSSR count). The predicted octanol–water partition coefficient (Wildman–Crippen LogP) is 3.47. The summed E-state index contributed by atoms with van der Waals surface area (Å²) in [5.41, 5.74) is 8.05. The molecule has 3 nitrogen and oxygen atoms in total. The van der Waals surface area contributed by atoms with E-state index in [0.717, 1.165) is 10.0 Å². The van der Waals surface area contributed by atoms with Crippen molar-refractivity contribution in [3.05, 3.63) is 56.6 Å². The maximum absolute atomic E-state index is 10.4. The third kappa shape index (κ3) is 2.66. The van der Waals surface area contributed by atoms with Crippen molar-refractivity contribution in [3.63, 3.8) is 0 Å². The zero-order valence-corrected chi connectivity index (χ0v) is 12.0. The first kappa shape index (κ1) is 13.3. The average Bonchev–Trinajstić information content (AvgIpc) is 2.31. The standard InChI is InChI=1S/C13H12BrClN2O/c1-7-4-10(13(16)17-6-7)12(18)9-3-2-8(15)5-11(9)14/h2-6,12,18H,1H3,(H2,16,17). The molecule has 0 radical (unpaired) electrons. The summed E-state index contributed by atoms with van der Waals surface area (Å²) in [6, 6.07) is 7.05. The quantitative estimate of drug-likeness (QED) is 0.888. The van der Waals surface area contributed by atoms with Crippen molar-refractivity contribution in [2.45, 2.75) is 13.0 Å². The normalized spacial score (nSPS) is 12.4. The van der Waals surface area contributed by atoms with Gasteiger partial charge in [0.1, 0.15) is 11.9 Å². The van der Waals surface area contributed by atoms with Gasteiger partial charge in [0.2, 0.25) is 0 Å². The van der Waals surface area contributed by atoms with E-state index in [1.807, 2.05) is 13.0 Å². The highest BCUT2D eigenvalue weighted by Crippen LogP contribution is 2.32. The van der Waals surface area contributed by atoms with E-state index in [0.29, 0.717) is 22.0 Å². The van der Waals surface area contributed by atoms with Crippen LogP contribution in [0, 0.1) is 6.92 Å². The van der Waals surface area contributed by atoms with Gasteiger partial charge >= 0.3 is 0 Å². The Hall–Kier alpha value is -1.10. The summed E-state index contributed by atoms with van der Waals surface area (Å²) in [5.74, 6) is 0.329. The van der Waals surface area contributed by atoms with Gasteiger partial charge < -0.3 is 10.8 Å². The molecule has 0 fully saturated rings. The number of aromatic nitrogens is 1. The number of aryl methyl sites for hydroxylation is 1. The van der Waals surface area contributed by atoms with Crippen LogP contribution in [0.4, 0.5) is 5.82 Å². The van der Waals surface area contributed by atoms with Crippen LogP contribution in [0.5, 0.6) is 0 Å². The number of pyridine rings is 1. The van der Waals surface area contributed by atoms with E-state index in [1.54, 1.807) is 24.4 Å². The zero-order chi connectivity index (χ0) is 13.3. The van der Waals surface area contributed by atoms with Crippen LogP contribution in [-0.4, -0.2) is 10.1 Å². The van der Waals surface area contributed by atoms with E-state index >= 15 is 0 Å². The highest BCUT2D eigenvalue weighted by molar-refractivity contribution is 9.10. The molecule has 0 amide bonds. The molecule has 1 atom stereocenters. The fourth-order valence-electron chi connectivity index (χ4n) is 1.71. The van der Waals surface area contributed by atoms with Gasteiger partial charge in [-0.15, -0.1) is 0 Å². The molecule has 3 N–H and O–H groups in total. The Morgan fingerprint density at radius 1 is 1.33 bits per heavy atom. The van der Waals surface area contributed by atoms with Gasteiger partial charge in [-0.05, 0) is 36.2 Å². The molecule has 0 aliphatic rings. The minimum absolute atomic E-state index is 0.329. The Labute approximate surface area is 119 Å². The fraction of sp³-hybridized carbons (Fsp3) is 0.154. The lowest BCUT2D eigenvalue weighted by molar-refractivity contribution is 0.220. The molecule has 1 aromatic carbocycles. The molecule has 94 valence electrons. The number of aliphatic hydroxyl groups excluding tert-OH is 1. The summed E-state index contributed by atoms with van der Waals surface area (Å²) >= 11 is 9.26. The third-order valence-electron chi connectivity index (χ3n) is 2.64. The molecule has 0 saturated heterocycles. The first-order valence-corrected chi connectivity index (χ1v) is 6.51. The Bertz CT molecular complexity index is 589. The average molecular weight is 328 g/mol. The summed E-state index contributed by atoms with van der Waals surface area (Å²) in [6.45, 7) is 1.90. The summed E-state index contributed by atoms with van der Waals surface area (Å²) in [5, 5.41) is 11.0. The monoisotopic (exact) mass is 326 g/mol. The number of benzene rings is 1. The lowest BCUT2D eigenvalue weighted by Crippen LogP contribution is -2.06. The van der Waals surface area contributed by atoms with Crippen LogP contribution < -0.4 is 5.73 Å². The molecule has 5 heteroatoms. The van der Waals surface area contributed by atoms with Gasteiger partial charge in [-0.25, -0.2) is 4.98 Å². The lowest BCUT2D eigenvalue weighted by Gasteiger charge is -2.15. The number of halogens is 2. The van der Waals surface area contributed by atoms with E-state index in [4.69, 9.17) is 17.3 Å². The maximum atomic E-state index is 10.4. The molecule has 1 aromatic heterocycles. The number of nitrogen functional groups attached to an aromatic ring is 1. The predicted molar refractivity (Wildman–Crippen MR) is 76.6 cm³/mol. The van der Waals surface area contributed by atoms with E-state index in [9.17, 15) is 5.11 Å². The van der Waals surface area contributed by atoms with Gasteiger partial charge in [0, 0.05) is 21.3 Å². The Morgan fingerprint density at radius 2 is 2.06 bits per heavy atom. The topological polar surface area (TPSA) is 59.1 Å². The minimum atomic E-state index is -0.830. The molecule has 0 aliphatic carbocycles. The van der Waals surface area contributed by atoms with Crippen molar-refractivity contribution in [3.8, 4) is 0 Å². The van der Waals surface area contributed by atoms with Gasteiger partial charge in [-0.3, -0.25) is 0 Å². The van der Waals surface area contributed by atoms with Crippen LogP contribution in [0.3, 0.4) is 0 Å². The van der Waals surface area contributed by atoms with Crippen molar-refractivity contribution in [2.24, 2.45) is 0 Å². The molecular formula is C13H12BrClN2O. The summed E-state index contributed by atoms with van der Waals surface area (Å²) in [4.78, 5) is 4.05. The van der Waals surface area contributed by atoms with E-state index in [-0.39, 0.29) is 0 Å². The number of hydrogen-bond acceptors (Lipinski definition) is 3. The first-order valence-electron chi connectivity index (χ1n) is 5.34. The van der Waals surface area contributed by atoms with Crippen LogP contribution >= 0.6 is 27.5 Å². The first-order chi connectivity index (χ1) is 8.49. The van der Waals surface area contributed by atoms with Crippen molar-refractivity contribution in [1.29, 1.82) is 0 Å². The van der Waals surface area contributed by atoms with Crippen LogP contribution in [0.25, 0.3) is 0 Å². The fourth-order valence-corrected chi connectivity index (χ4v) is 2.61. The molecule has 0 saturated carbocycles. The Balaban J connectivity index is 2.47. The van der Waals surface area contributed by atoms with Gasteiger partial charge in [0.15, 0.2) is 0 Å². The van der Waals surface area contributed by atoms with Crippen LogP contribution in [0.2, 0.25) is 5.02 Å². The van der Waals surface area contributed by atoms with Crippen molar-refractivity contribution < 1.29 is 5.11 Å². The number of nitrogens with two attached hydrogens (primary N) is 1. The highest BCUT2D eigenvalue weighted by atomic mass is 79.9. The van der Waals surface area contributed by atoms with Crippen LogP contribution in [0.15, 0.2) is 34.9 Å². The van der Waals surface area contributed by atoms with Crippen LogP contribution in [0.1, 0.15) is 22.8 Å². The minimum Gasteiger partial charge on any atom is -0.383 e. The summed E-state index contributed by atoms with van der Waals surface area (Å²) in [6.07, 6.45) is 0.840. The van der Waals surface area contributed by atoms with Crippen molar-refractivity contribution in [2.75, 3.05) is 5.73 Å². The smallest absolute Gasteiger partial charge is 0.129 e. The van der Waals surface area contributed by atoms with E-state index in [2.05, 4.69) is 20.9 Å². The maximum Gasteiger partial charge on any atom is 0.129 e. The Morgan fingerprint density at radius 3 is 2.72 bits per heavy atom. The van der Waals surface area contributed by atoms with Gasteiger partial charge in [0.25, 0.3) is 0 Å². The second-order valence-corrected chi connectivity index (χ2v) is 5.35. The highest BCUT2D eigenvalue weighted by Gasteiger charge is 2.17.